The van der Waals surface area contributed by atoms with E-state index in [0.717, 1.165) is 13.1 Å². The summed E-state index contributed by atoms with van der Waals surface area (Å²) in [6.07, 6.45) is 0.540. The van der Waals surface area contributed by atoms with Crippen LogP contribution in [0.4, 0.5) is 14.9 Å². The summed E-state index contributed by atoms with van der Waals surface area (Å²) in [6, 6.07) is 4.92. The van der Waals surface area contributed by atoms with Crippen LogP contribution in [0.1, 0.15) is 19.3 Å². The lowest BCUT2D eigenvalue weighted by Crippen LogP contribution is -2.53. The maximum Gasteiger partial charge on any atom is 0.319 e. The molecule has 1 aromatic rings. The number of urea groups is 1. The predicted molar refractivity (Wildman–Crippen MR) is 106 cm³/mol. The first-order valence-corrected chi connectivity index (χ1v) is 10.0. The summed E-state index contributed by atoms with van der Waals surface area (Å²) in [4.78, 5) is 28.7. The van der Waals surface area contributed by atoms with Crippen molar-refractivity contribution < 1.29 is 23.8 Å². The van der Waals surface area contributed by atoms with E-state index in [1.807, 2.05) is 11.9 Å². The molecule has 29 heavy (non-hydrogen) atoms. The predicted octanol–water partition coefficient (Wildman–Crippen LogP) is 1.02. The number of aliphatic hydroxyl groups excluding tert-OH is 1. The molecule has 160 valence electrons. The van der Waals surface area contributed by atoms with Crippen molar-refractivity contribution >= 4 is 17.6 Å². The van der Waals surface area contributed by atoms with E-state index in [1.54, 1.807) is 12.1 Å². The number of hydrogen-bond donors (Lipinski definition) is 3. The molecule has 0 aromatic heterocycles. The van der Waals surface area contributed by atoms with Crippen molar-refractivity contribution in [3.05, 3.63) is 30.1 Å². The number of nitrogens with zero attached hydrogens (tertiary/aromatic N) is 2. The topological polar surface area (TPSA) is 94.1 Å². The molecule has 0 spiro atoms. The Bertz CT molecular complexity index is 711. The number of carbonyl (C=O) groups is 2. The fourth-order valence-corrected chi connectivity index (χ4v) is 3.72. The molecule has 2 fully saturated rings. The van der Waals surface area contributed by atoms with E-state index in [-0.39, 0.29) is 30.7 Å². The summed E-state index contributed by atoms with van der Waals surface area (Å²) in [5, 5.41) is 14.9. The van der Waals surface area contributed by atoms with E-state index < -0.39 is 24.0 Å². The molecule has 2 heterocycles. The van der Waals surface area contributed by atoms with Crippen LogP contribution < -0.4 is 10.6 Å². The third-order valence-electron chi connectivity index (χ3n) is 5.49. The normalized spacial score (nSPS) is 25.5. The number of carbonyl (C=O) groups excluding carboxylic acids is 2. The lowest BCUT2D eigenvalue weighted by Gasteiger charge is -2.37. The number of nitrogens with one attached hydrogen (secondary N) is 2. The Hall–Kier alpha value is -2.23. The fraction of sp³-hybridized carbons (Fsp3) is 0.600. The summed E-state index contributed by atoms with van der Waals surface area (Å²) in [6.45, 7) is 2.88. The Morgan fingerprint density at radius 1 is 1.21 bits per heavy atom. The van der Waals surface area contributed by atoms with E-state index in [1.165, 1.54) is 12.1 Å². The molecule has 0 unspecified atom stereocenters. The molecule has 2 aliphatic heterocycles. The fourth-order valence-electron chi connectivity index (χ4n) is 3.72. The van der Waals surface area contributed by atoms with Crippen LogP contribution in [0.3, 0.4) is 0 Å². The minimum atomic E-state index is -0.611. The highest BCUT2D eigenvalue weighted by molar-refractivity contribution is 5.89. The van der Waals surface area contributed by atoms with Crippen LogP contribution in [0.5, 0.6) is 0 Å². The van der Waals surface area contributed by atoms with Crippen LogP contribution in [0.25, 0.3) is 0 Å². The molecule has 3 N–H and O–H groups in total. The zero-order valence-electron chi connectivity index (χ0n) is 16.6. The number of ether oxygens (including phenoxy) is 1. The Morgan fingerprint density at radius 2 is 1.93 bits per heavy atom. The number of para-hydroxylation sites is 1. The second kappa shape index (κ2) is 10.00. The maximum atomic E-state index is 13.7. The smallest absolute Gasteiger partial charge is 0.319 e. The van der Waals surface area contributed by atoms with Crippen molar-refractivity contribution in [3.63, 3.8) is 0 Å². The number of likely N-dealkylation sites (N-methyl/N-ethyl adjacent to an activating group) is 1. The minimum Gasteiger partial charge on any atom is -0.394 e. The van der Waals surface area contributed by atoms with Gasteiger partial charge in [0, 0.05) is 26.2 Å². The number of piperazine rings is 1. The molecule has 9 heteroatoms. The van der Waals surface area contributed by atoms with E-state index in [9.17, 15) is 19.1 Å². The van der Waals surface area contributed by atoms with Gasteiger partial charge < -0.3 is 30.3 Å². The highest BCUT2D eigenvalue weighted by atomic mass is 19.1. The minimum absolute atomic E-state index is 0.0588. The third-order valence-corrected chi connectivity index (χ3v) is 5.49. The van der Waals surface area contributed by atoms with Gasteiger partial charge in [-0.25, -0.2) is 9.18 Å². The molecule has 0 radical (unpaired) electrons. The summed E-state index contributed by atoms with van der Waals surface area (Å²) >= 11 is 0. The van der Waals surface area contributed by atoms with Crippen LogP contribution in [0, 0.1) is 5.82 Å². The van der Waals surface area contributed by atoms with Gasteiger partial charge in [0.15, 0.2) is 0 Å². The molecule has 8 nitrogen and oxygen atoms in total. The highest BCUT2D eigenvalue weighted by Gasteiger charge is 2.34. The summed E-state index contributed by atoms with van der Waals surface area (Å²) in [7, 11) is 2.04. The van der Waals surface area contributed by atoms with Crippen molar-refractivity contribution in [3.8, 4) is 0 Å². The van der Waals surface area contributed by atoms with Crippen molar-refractivity contribution in [2.45, 2.75) is 37.5 Å². The van der Waals surface area contributed by atoms with Crippen molar-refractivity contribution in [2.75, 3.05) is 45.2 Å². The lowest BCUT2D eigenvalue weighted by atomic mass is 9.97. The van der Waals surface area contributed by atoms with Crippen molar-refractivity contribution in [1.82, 2.24) is 15.1 Å². The summed E-state index contributed by atoms with van der Waals surface area (Å²) in [5.41, 5.74) is 0.0814. The molecule has 0 aliphatic carbocycles. The molecule has 3 amide bonds. The number of halogens is 1. The molecule has 3 rings (SSSR count). The lowest BCUT2D eigenvalue weighted by molar-refractivity contribution is -0.141. The molecule has 0 saturated carbocycles. The maximum absolute atomic E-state index is 13.7. The van der Waals surface area contributed by atoms with E-state index in [0.29, 0.717) is 25.9 Å². The summed E-state index contributed by atoms with van der Waals surface area (Å²) in [5.74, 6) is -0.466. The number of anilines is 1. The van der Waals surface area contributed by atoms with Gasteiger partial charge in [-0.15, -0.1) is 0 Å². The van der Waals surface area contributed by atoms with Crippen molar-refractivity contribution in [1.29, 1.82) is 0 Å². The number of hydrogen-bond acceptors (Lipinski definition) is 5. The van der Waals surface area contributed by atoms with Gasteiger partial charge in [-0.1, -0.05) is 12.1 Å². The zero-order chi connectivity index (χ0) is 20.8. The standard InChI is InChI=1S/C20H29FN4O4/c1-24-8-10-25(11-9-24)19(27)12-14-6-7-17(18(13-26)29-14)23-20(28)22-16-5-3-2-4-15(16)21/h2-5,14,17-18,26H,6-13H2,1H3,(H2,22,23,28)/t14-,17-,18+/m1/s1. The van der Waals surface area contributed by atoms with Gasteiger partial charge in [-0.3, -0.25) is 4.79 Å². The van der Waals surface area contributed by atoms with E-state index >= 15 is 0 Å². The van der Waals surface area contributed by atoms with Crippen molar-refractivity contribution in [2.24, 2.45) is 0 Å². The molecule has 2 aliphatic rings. The van der Waals surface area contributed by atoms with E-state index in [2.05, 4.69) is 15.5 Å². The number of rotatable bonds is 5. The second-order valence-corrected chi connectivity index (χ2v) is 7.63. The number of aliphatic hydroxyl groups is 1. The third kappa shape index (κ3) is 5.88. The van der Waals surface area contributed by atoms with Gasteiger partial charge in [0.1, 0.15) is 11.9 Å². The van der Waals surface area contributed by atoms with Crippen LogP contribution in [-0.2, 0) is 9.53 Å². The molecule has 3 atom stereocenters. The SMILES string of the molecule is CN1CCN(C(=O)C[C@H]2CC[C@@H](NC(=O)Nc3ccccc3F)[C@H](CO)O2)CC1. The van der Waals surface area contributed by atoms with Crippen LogP contribution in [0.15, 0.2) is 24.3 Å². The molecule has 1 aromatic carbocycles. The Balaban J connectivity index is 1.48. The van der Waals surface area contributed by atoms with Crippen LogP contribution >= 0.6 is 0 Å². The van der Waals surface area contributed by atoms with Gasteiger partial charge in [0.25, 0.3) is 0 Å². The van der Waals surface area contributed by atoms with Crippen LogP contribution in [-0.4, -0.2) is 84.9 Å². The van der Waals surface area contributed by atoms with Crippen LogP contribution in [0.2, 0.25) is 0 Å². The largest absolute Gasteiger partial charge is 0.394 e. The quantitative estimate of drug-likeness (QED) is 0.676. The van der Waals surface area contributed by atoms with Gasteiger partial charge in [0.2, 0.25) is 5.91 Å². The van der Waals surface area contributed by atoms with Gasteiger partial charge in [0.05, 0.1) is 30.9 Å². The zero-order valence-corrected chi connectivity index (χ0v) is 16.6. The van der Waals surface area contributed by atoms with Gasteiger partial charge in [-0.2, -0.15) is 0 Å². The molecule has 2 saturated heterocycles. The average molecular weight is 408 g/mol. The second-order valence-electron chi connectivity index (χ2n) is 7.63. The first kappa shape index (κ1) is 21.5. The Labute approximate surface area is 170 Å². The molecular weight excluding hydrogens is 379 g/mol. The first-order valence-electron chi connectivity index (χ1n) is 10.0. The molecular formula is C20H29FN4O4. The highest BCUT2D eigenvalue weighted by Crippen LogP contribution is 2.23. The number of benzene rings is 1. The Kier molecular flexibility index (Phi) is 7.40. The van der Waals surface area contributed by atoms with Gasteiger partial charge in [-0.05, 0) is 32.0 Å². The van der Waals surface area contributed by atoms with E-state index in [4.69, 9.17) is 4.74 Å². The average Bonchev–Trinajstić information content (AvgIpc) is 2.71. The summed E-state index contributed by atoms with van der Waals surface area (Å²) < 4.78 is 19.6. The molecule has 0 bridgehead atoms. The number of amides is 3. The first-order chi connectivity index (χ1) is 14.0. The monoisotopic (exact) mass is 408 g/mol. The Morgan fingerprint density at radius 3 is 2.62 bits per heavy atom. The van der Waals surface area contributed by atoms with Gasteiger partial charge >= 0.3 is 6.03 Å².